The molecular weight excluding hydrogens is 398 g/mol. The molecule has 1 heterocycles. The topological polar surface area (TPSA) is 74.8 Å². The first kappa shape index (κ1) is 14.7. The average molecular weight is 409 g/mol. The Morgan fingerprint density at radius 3 is 2.74 bits per heavy atom. The number of benzene rings is 1. The summed E-state index contributed by atoms with van der Waals surface area (Å²) in [6, 6.07) is 5.00. The van der Waals surface area contributed by atoms with Gasteiger partial charge in [-0.05, 0) is 41.1 Å². The molecule has 8 heteroatoms. The molecule has 0 amide bonds. The molecule has 0 aliphatic heterocycles. The Morgan fingerprint density at radius 1 is 1.37 bits per heavy atom. The summed E-state index contributed by atoms with van der Waals surface area (Å²) in [6.45, 7) is 2.04. The molecule has 5 nitrogen and oxygen atoms in total. The van der Waals surface area contributed by atoms with Crippen LogP contribution in [0.1, 0.15) is 11.3 Å². The molecule has 0 saturated carbocycles. The van der Waals surface area contributed by atoms with Gasteiger partial charge in [-0.1, -0.05) is 15.9 Å². The largest absolute Gasteiger partial charge is 0.283 e. The van der Waals surface area contributed by atoms with Gasteiger partial charge in [-0.2, -0.15) is 5.10 Å². The molecule has 0 aliphatic carbocycles. The normalized spacial score (nSPS) is 11.7. The number of aromatic amines is 1. The minimum absolute atomic E-state index is 0.197. The summed E-state index contributed by atoms with van der Waals surface area (Å²) in [6.07, 6.45) is 1.60. The zero-order chi connectivity index (χ0) is 14.0. The molecule has 0 radical (unpaired) electrons. The van der Waals surface area contributed by atoms with E-state index in [0.29, 0.717) is 8.95 Å². The third kappa shape index (κ3) is 3.44. The van der Waals surface area contributed by atoms with Crippen molar-refractivity contribution in [2.45, 2.75) is 18.4 Å². The van der Waals surface area contributed by atoms with E-state index in [1.165, 1.54) is 0 Å². The first-order valence-corrected chi connectivity index (χ1v) is 8.40. The lowest BCUT2D eigenvalue weighted by molar-refractivity contribution is 0.580. The Hall–Kier alpha value is -0.700. The highest BCUT2D eigenvalue weighted by Gasteiger charge is 2.18. The Kier molecular flexibility index (Phi) is 4.44. The fraction of sp³-hybridized carbons (Fsp3) is 0.182. The molecule has 0 bridgehead atoms. The summed E-state index contributed by atoms with van der Waals surface area (Å²) in [5.41, 5.74) is 1.66. The number of halogens is 2. The number of aromatic nitrogens is 2. The van der Waals surface area contributed by atoms with E-state index in [-0.39, 0.29) is 11.4 Å². The van der Waals surface area contributed by atoms with Gasteiger partial charge in [0.15, 0.2) is 0 Å². The molecule has 2 aromatic rings. The number of rotatable bonds is 4. The van der Waals surface area contributed by atoms with Gasteiger partial charge in [0.2, 0.25) is 10.0 Å². The lowest BCUT2D eigenvalue weighted by Gasteiger charge is -2.08. The Balaban J connectivity index is 2.23. The Bertz CT molecular complexity index is 698. The van der Waals surface area contributed by atoms with Crippen molar-refractivity contribution in [2.24, 2.45) is 0 Å². The summed E-state index contributed by atoms with van der Waals surface area (Å²) in [7, 11) is -3.57. The van der Waals surface area contributed by atoms with E-state index in [2.05, 4.69) is 46.8 Å². The summed E-state index contributed by atoms with van der Waals surface area (Å²) < 4.78 is 28.2. The fourth-order valence-corrected chi connectivity index (χ4v) is 3.99. The van der Waals surface area contributed by atoms with Crippen molar-refractivity contribution in [3.05, 3.63) is 44.6 Å². The Morgan fingerprint density at radius 2 is 2.11 bits per heavy atom. The minimum Gasteiger partial charge on any atom is -0.283 e. The molecule has 102 valence electrons. The predicted octanol–water partition coefficient (Wildman–Crippen LogP) is 2.72. The zero-order valence-electron chi connectivity index (χ0n) is 9.94. The number of sulfonamides is 1. The molecule has 0 saturated heterocycles. The van der Waals surface area contributed by atoms with Crippen LogP contribution in [0, 0.1) is 6.92 Å². The molecule has 1 aromatic heterocycles. The van der Waals surface area contributed by atoms with E-state index < -0.39 is 10.0 Å². The first-order chi connectivity index (χ1) is 8.90. The van der Waals surface area contributed by atoms with Gasteiger partial charge in [0.05, 0.1) is 11.1 Å². The molecule has 0 aliphatic rings. The van der Waals surface area contributed by atoms with Crippen LogP contribution in [0.15, 0.2) is 38.2 Å². The van der Waals surface area contributed by atoms with Gasteiger partial charge in [0, 0.05) is 26.7 Å². The first-order valence-electron chi connectivity index (χ1n) is 5.34. The van der Waals surface area contributed by atoms with E-state index in [1.807, 2.05) is 6.92 Å². The van der Waals surface area contributed by atoms with Crippen LogP contribution in [-0.4, -0.2) is 18.6 Å². The van der Waals surface area contributed by atoms with Crippen LogP contribution in [0.4, 0.5) is 0 Å². The van der Waals surface area contributed by atoms with Gasteiger partial charge in [-0.3, -0.25) is 5.10 Å². The van der Waals surface area contributed by atoms with Crippen LogP contribution in [0.3, 0.4) is 0 Å². The number of hydrogen-bond donors (Lipinski definition) is 2. The van der Waals surface area contributed by atoms with Crippen LogP contribution in [0.2, 0.25) is 0 Å². The zero-order valence-corrected chi connectivity index (χ0v) is 13.9. The molecule has 1 aromatic carbocycles. The minimum atomic E-state index is -3.57. The molecule has 19 heavy (non-hydrogen) atoms. The van der Waals surface area contributed by atoms with Crippen molar-refractivity contribution in [2.75, 3.05) is 0 Å². The average Bonchev–Trinajstić information content (AvgIpc) is 2.75. The molecule has 0 unspecified atom stereocenters. The van der Waals surface area contributed by atoms with Gasteiger partial charge in [-0.15, -0.1) is 0 Å². The molecule has 0 fully saturated rings. The van der Waals surface area contributed by atoms with Crippen molar-refractivity contribution >= 4 is 41.9 Å². The number of H-pyrrole nitrogens is 1. The van der Waals surface area contributed by atoms with E-state index in [4.69, 9.17) is 0 Å². The lowest BCUT2D eigenvalue weighted by Crippen LogP contribution is -2.23. The lowest BCUT2D eigenvalue weighted by atomic mass is 10.3. The summed E-state index contributed by atoms with van der Waals surface area (Å²) >= 11 is 6.50. The maximum absolute atomic E-state index is 12.2. The van der Waals surface area contributed by atoms with Crippen molar-refractivity contribution in [1.29, 1.82) is 0 Å². The van der Waals surface area contributed by atoms with Crippen LogP contribution in [-0.2, 0) is 16.6 Å². The van der Waals surface area contributed by atoms with Gasteiger partial charge < -0.3 is 0 Å². The number of nitrogens with zero attached hydrogens (tertiary/aromatic N) is 1. The van der Waals surface area contributed by atoms with Crippen molar-refractivity contribution in [3.63, 3.8) is 0 Å². The second-order valence-electron chi connectivity index (χ2n) is 3.92. The molecule has 0 spiro atoms. The number of aryl methyl sites for hydroxylation is 1. The van der Waals surface area contributed by atoms with Crippen molar-refractivity contribution in [1.82, 2.24) is 14.9 Å². The van der Waals surface area contributed by atoms with E-state index >= 15 is 0 Å². The standard InChI is InChI=1S/C11H11Br2N3O2S/c1-7-8(5-14-16-7)6-15-19(17,18)11-4-9(12)2-3-10(11)13/h2-5,15H,6H2,1H3,(H,14,16). The van der Waals surface area contributed by atoms with E-state index in [9.17, 15) is 8.42 Å². The van der Waals surface area contributed by atoms with E-state index in [0.717, 1.165) is 11.3 Å². The third-order valence-electron chi connectivity index (χ3n) is 2.57. The third-order valence-corrected chi connectivity index (χ3v) is 5.46. The highest BCUT2D eigenvalue weighted by atomic mass is 79.9. The van der Waals surface area contributed by atoms with E-state index in [1.54, 1.807) is 24.4 Å². The number of nitrogens with one attached hydrogen (secondary N) is 2. The SMILES string of the molecule is Cc1[nH]ncc1CNS(=O)(=O)c1cc(Br)ccc1Br. The van der Waals surface area contributed by atoms with Crippen LogP contribution < -0.4 is 4.72 Å². The highest BCUT2D eigenvalue weighted by Crippen LogP contribution is 2.25. The number of hydrogen-bond acceptors (Lipinski definition) is 3. The van der Waals surface area contributed by atoms with Gasteiger partial charge in [-0.25, -0.2) is 13.1 Å². The van der Waals surface area contributed by atoms with Crippen molar-refractivity contribution in [3.8, 4) is 0 Å². The van der Waals surface area contributed by atoms with Crippen LogP contribution in [0.25, 0.3) is 0 Å². The molecule has 2 rings (SSSR count). The quantitative estimate of drug-likeness (QED) is 0.816. The van der Waals surface area contributed by atoms with Gasteiger partial charge in [0.25, 0.3) is 0 Å². The van der Waals surface area contributed by atoms with Crippen LogP contribution >= 0.6 is 31.9 Å². The maximum Gasteiger partial charge on any atom is 0.242 e. The monoisotopic (exact) mass is 407 g/mol. The maximum atomic E-state index is 12.2. The van der Waals surface area contributed by atoms with Crippen LogP contribution in [0.5, 0.6) is 0 Å². The summed E-state index contributed by atoms with van der Waals surface area (Å²) in [5, 5.41) is 6.61. The predicted molar refractivity (Wildman–Crippen MR) is 79.2 cm³/mol. The second kappa shape index (κ2) is 5.74. The Labute approximate surface area is 128 Å². The molecule has 0 atom stereocenters. The summed E-state index contributed by atoms with van der Waals surface area (Å²) in [5.74, 6) is 0. The fourth-order valence-electron chi connectivity index (χ4n) is 1.49. The van der Waals surface area contributed by atoms with Gasteiger partial charge in [0.1, 0.15) is 0 Å². The smallest absolute Gasteiger partial charge is 0.242 e. The highest BCUT2D eigenvalue weighted by molar-refractivity contribution is 9.11. The second-order valence-corrected chi connectivity index (χ2v) is 7.42. The van der Waals surface area contributed by atoms with Crippen molar-refractivity contribution < 1.29 is 8.42 Å². The molecule has 2 N–H and O–H groups in total. The van der Waals surface area contributed by atoms with Gasteiger partial charge >= 0.3 is 0 Å². The molecular formula is C11H11Br2N3O2S. The summed E-state index contributed by atoms with van der Waals surface area (Å²) in [4.78, 5) is 0.197.